The molecule has 0 bridgehead atoms. The van der Waals surface area contributed by atoms with Crippen LogP contribution in [0.2, 0.25) is 0 Å². The van der Waals surface area contributed by atoms with Crippen molar-refractivity contribution >= 4 is 28.7 Å². The average Bonchev–Trinajstić information content (AvgIpc) is 3.38. The Kier molecular flexibility index (Phi) is 5.42. The van der Waals surface area contributed by atoms with Crippen molar-refractivity contribution in [3.05, 3.63) is 70.9 Å². The van der Waals surface area contributed by atoms with E-state index in [4.69, 9.17) is 0 Å². The Bertz CT molecular complexity index is 1270. The van der Waals surface area contributed by atoms with Crippen LogP contribution in [0.15, 0.2) is 48.7 Å². The Labute approximate surface area is 198 Å². The summed E-state index contributed by atoms with van der Waals surface area (Å²) in [5.41, 5.74) is 3.89. The maximum absolute atomic E-state index is 13.2. The van der Waals surface area contributed by atoms with Gasteiger partial charge in [-0.3, -0.25) is 14.9 Å². The minimum Gasteiger partial charge on any atom is -0.361 e. The number of H-pyrrole nitrogens is 1. The Morgan fingerprint density at radius 2 is 1.76 bits per heavy atom. The Morgan fingerprint density at radius 3 is 2.38 bits per heavy atom. The zero-order valence-electron chi connectivity index (χ0n) is 19.8. The van der Waals surface area contributed by atoms with Crippen molar-refractivity contribution in [3.63, 3.8) is 0 Å². The Balaban J connectivity index is 1.28. The number of urea groups is 1. The summed E-state index contributed by atoms with van der Waals surface area (Å²) in [4.78, 5) is 42.9. The minimum atomic E-state index is -1.12. The van der Waals surface area contributed by atoms with Crippen molar-refractivity contribution in [2.45, 2.75) is 45.1 Å². The molecule has 0 spiro atoms. The number of amides is 4. The van der Waals surface area contributed by atoms with Gasteiger partial charge >= 0.3 is 6.03 Å². The van der Waals surface area contributed by atoms with Crippen molar-refractivity contribution in [2.75, 3.05) is 13.1 Å². The van der Waals surface area contributed by atoms with Gasteiger partial charge in [-0.25, -0.2) is 4.79 Å². The number of aromatic nitrogens is 1. The van der Waals surface area contributed by atoms with E-state index in [-0.39, 0.29) is 17.7 Å². The van der Waals surface area contributed by atoms with Gasteiger partial charge in [0.15, 0.2) is 0 Å². The van der Waals surface area contributed by atoms with Gasteiger partial charge in [-0.2, -0.15) is 0 Å². The highest BCUT2D eigenvalue weighted by Gasteiger charge is 2.50. The maximum atomic E-state index is 13.2. The van der Waals surface area contributed by atoms with Gasteiger partial charge < -0.3 is 15.2 Å². The molecule has 34 heavy (non-hydrogen) atoms. The predicted octanol–water partition coefficient (Wildman–Crippen LogP) is 4.19. The van der Waals surface area contributed by atoms with Crippen LogP contribution in [0.1, 0.15) is 59.7 Å². The molecule has 3 aromatic rings. The first kappa shape index (κ1) is 22.2. The summed E-state index contributed by atoms with van der Waals surface area (Å²) in [6, 6.07) is 13.1. The standard InChI is InChI=1S/C27H30N4O3/c1-16(2)27(25(33)29-26(34)30-27)20-7-5-19(6-8-20)24(32)31-12-10-18(11-13-31)22-15-28-23-14-17(3)4-9-21(22)23/h4-9,14-16,18,28H,10-13H2,1-3H3,(H2,29,30,33,34). The Hall–Kier alpha value is -3.61. The molecule has 0 saturated carbocycles. The number of carbonyl (C=O) groups is 3. The molecule has 2 aliphatic heterocycles. The van der Waals surface area contributed by atoms with E-state index in [9.17, 15) is 14.4 Å². The summed E-state index contributed by atoms with van der Waals surface area (Å²) in [7, 11) is 0. The SMILES string of the molecule is Cc1ccc2c(C3CCN(C(=O)c4ccc(C5(C(C)C)NC(=O)NC5=O)cc4)CC3)c[nH]c2c1. The van der Waals surface area contributed by atoms with Gasteiger partial charge in [-0.05, 0) is 66.5 Å². The second-order valence-corrected chi connectivity index (χ2v) is 9.81. The first-order valence-corrected chi connectivity index (χ1v) is 11.9. The number of imide groups is 1. The van der Waals surface area contributed by atoms with Gasteiger partial charge in [-0.1, -0.05) is 38.1 Å². The highest BCUT2D eigenvalue weighted by atomic mass is 16.2. The van der Waals surface area contributed by atoms with Crippen LogP contribution in [0.3, 0.4) is 0 Å². The molecule has 7 heteroatoms. The van der Waals surface area contributed by atoms with E-state index in [0.717, 1.165) is 12.8 Å². The molecule has 5 rings (SSSR count). The van der Waals surface area contributed by atoms with Gasteiger partial charge in [-0.15, -0.1) is 0 Å². The Morgan fingerprint density at radius 1 is 1.06 bits per heavy atom. The molecule has 0 radical (unpaired) electrons. The van der Waals surface area contributed by atoms with E-state index in [0.29, 0.717) is 30.1 Å². The van der Waals surface area contributed by atoms with Crippen LogP contribution in [-0.2, 0) is 10.3 Å². The molecule has 3 heterocycles. The molecular weight excluding hydrogens is 428 g/mol. The van der Waals surface area contributed by atoms with E-state index >= 15 is 0 Å². The highest BCUT2D eigenvalue weighted by Crippen LogP contribution is 2.35. The van der Waals surface area contributed by atoms with E-state index in [1.165, 1.54) is 22.0 Å². The molecule has 2 fully saturated rings. The van der Waals surface area contributed by atoms with Crippen LogP contribution >= 0.6 is 0 Å². The molecule has 1 atom stereocenters. The fourth-order valence-corrected chi connectivity index (χ4v) is 5.46. The largest absolute Gasteiger partial charge is 0.361 e. The number of benzene rings is 2. The fourth-order valence-electron chi connectivity index (χ4n) is 5.46. The maximum Gasteiger partial charge on any atom is 0.322 e. The van der Waals surface area contributed by atoms with Crippen LogP contribution in [0.5, 0.6) is 0 Å². The van der Waals surface area contributed by atoms with Gasteiger partial charge in [0.1, 0.15) is 5.54 Å². The van der Waals surface area contributed by atoms with Crippen LogP contribution in [-0.4, -0.2) is 40.8 Å². The number of aryl methyl sites for hydroxylation is 1. The number of aromatic amines is 1. The molecule has 1 unspecified atom stereocenters. The number of hydrogen-bond donors (Lipinski definition) is 3. The van der Waals surface area contributed by atoms with Gasteiger partial charge in [0, 0.05) is 35.8 Å². The summed E-state index contributed by atoms with van der Waals surface area (Å²) in [6.07, 6.45) is 3.97. The smallest absolute Gasteiger partial charge is 0.322 e. The number of likely N-dealkylation sites (tertiary alicyclic amines) is 1. The quantitative estimate of drug-likeness (QED) is 0.512. The molecule has 3 N–H and O–H groups in total. The van der Waals surface area contributed by atoms with E-state index < -0.39 is 11.6 Å². The molecule has 0 aliphatic carbocycles. The van der Waals surface area contributed by atoms with Crippen molar-refractivity contribution in [2.24, 2.45) is 5.92 Å². The van der Waals surface area contributed by atoms with Crippen LogP contribution in [0.25, 0.3) is 10.9 Å². The predicted molar refractivity (Wildman–Crippen MR) is 131 cm³/mol. The lowest BCUT2D eigenvalue weighted by atomic mass is 9.79. The molecule has 4 amide bonds. The zero-order chi connectivity index (χ0) is 24.0. The number of hydrogen-bond acceptors (Lipinski definition) is 3. The van der Waals surface area contributed by atoms with Crippen molar-refractivity contribution in [1.29, 1.82) is 0 Å². The van der Waals surface area contributed by atoms with Crippen LogP contribution < -0.4 is 10.6 Å². The van der Waals surface area contributed by atoms with E-state index in [1.54, 1.807) is 24.3 Å². The van der Waals surface area contributed by atoms with Crippen LogP contribution in [0.4, 0.5) is 4.79 Å². The first-order chi connectivity index (χ1) is 16.3. The lowest BCUT2D eigenvalue weighted by Gasteiger charge is -2.33. The summed E-state index contributed by atoms with van der Waals surface area (Å²) in [5.74, 6) is -0.0784. The molecule has 2 saturated heterocycles. The number of rotatable bonds is 4. The molecule has 7 nitrogen and oxygen atoms in total. The summed E-state index contributed by atoms with van der Waals surface area (Å²) in [6.45, 7) is 7.29. The summed E-state index contributed by atoms with van der Waals surface area (Å²) in [5, 5.41) is 6.39. The number of piperidine rings is 1. The number of fused-ring (bicyclic) bond motifs is 1. The number of carbonyl (C=O) groups excluding carboxylic acids is 3. The minimum absolute atomic E-state index is 0.00180. The van der Waals surface area contributed by atoms with E-state index in [1.807, 2.05) is 18.7 Å². The second kappa shape index (κ2) is 8.31. The topological polar surface area (TPSA) is 94.3 Å². The first-order valence-electron chi connectivity index (χ1n) is 11.9. The summed E-state index contributed by atoms with van der Waals surface area (Å²) >= 11 is 0. The number of nitrogens with one attached hydrogen (secondary N) is 3. The van der Waals surface area contributed by atoms with E-state index in [2.05, 4.69) is 46.9 Å². The normalized spacial score (nSPS) is 21.2. The highest BCUT2D eigenvalue weighted by molar-refractivity contribution is 6.07. The molecule has 1 aromatic heterocycles. The second-order valence-electron chi connectivity index (χ2n) is 9.81. The zero-order valence-corrected chi connectivity index (χ0v) is 19.8. The number of nitrogens with zero attached hydrogens (tertiary/aromatic N) is 1. The van der Waals surface area contributed by atoms with Gasteiger partial charge in [0.05, 0.1) is 0 Å². The van der Waals surface area contributed by atoms with Crippen molar-refractivity contribution < 1.29 is 14.4 Å². The van der Waals surface area contributed by atoms with Crippen molar-refractivity contribution in [3.8, 4) is 0 Å². The van der Waals surface area contributed by atoms with Crippen LogP contribution in [0, 0.1) is 12.8 Å². The van der Waals surface area contributed by atoms with Gasteiger partial charge in [0.25, 0.3) is 11.8 Å². The third-order valence-corrected chi connectivity index (χ3v) is 7.44. The third kappa shape index (κ3) is 3.56. The lowest BCUT2D eigenvalue weighted by molar-refractivity contribution is -0.125. The molecular formula is C27H30N4O3. The third-order valence-electron chi connectivity index (χ3n) is 7.44. The van der Waals surface area contributed by atoms with Crippen molar-refractivity contribution in [1.82, 2.24) is 20.5 Å². The lowest BCUT2D eigenvalue weighted by Crippen LogP contribution is -2.48. The van der Waals surface area contributed by atoms with Gasteiger partial charge in [0.2, 0.25) is 0 Å². The fraction of sp³-hybridized carbons (Fsp3) is 0.370. The average molecular weight is 459 g/mol. The molecule has 176 valence electrons. The molecule has 2 aliphatic rings. The molecule has 2 aromatic carbocycles. The monoisotopic (exact) mass is 458 g/mol. The summed E-state index contributed by atoms with van der Waals surface area (Å²) < 4.78 is 0.